The van der Waals surface area contributed by atoms with E-state index in [2.05, 4.69) is 18.4 Å². The standard InChI is InChI=1S/C27H28Cl2N2O3S/c1-3-4-13-30(27(33)18-5-8-20(34-2)9-6-18)17-25(32)31-14-11-24-22(12-15-35-24)26(31)21-10-7-19(28)16-23(21)29/h5-10,12,15-16,26H,3-4,11,13-14,17H2,1-2H3. The quantitative estimate of drug-likeness (QED) is 0.334. The molecule has 0 saturated heterocycles. The van der Waals surface area contributed by atoms with E-state index in [0.717, 1.165) is 30.4 Å². The van der Waals surface area contributed by atoms with Gasteiger partial charge in [-0.25, -0.2) is 0 Å². The van der Waals surface area contributed by atoms with Crippen LogP contribution in [0.25, 0.3) is 0 Å². The molecule has 0 fully saturated rings. The second kappa shape index (κ2) is 11.5. The van der Waals surface area contributed by atoms with Gasteiger partial charge in [0.05, 0.1) is 13.2 Å². The monoisotopic (exact) mass is 530 g/mol. The average molecular weight is 532 g/mol. The first-order valence-corrected chi connectivity index (χ1v) is 13.3. The normalized spacial score (nSPS) is 15.0. The summed E-state index contributed by atoms with van der Waals surface area (Å²) in [5.74, 6) is 0.417. The molecular formula is C27H28Cl2N2O3S. The highest BCUT2D eigenvalue weighted by Gasteiger charge is 2.35. The number of fused-ring (bicyclic) bond motifs is 1. The van der Waals surface area contributed by atoms with Crippen molar-refractivity contribution in [1.29, 1.82) is 0 Å². The number of hydrogen-bond donors (Lipinski definition) is 0. The fourth-order valence-electron chi connectivity index (χ4n) is 4.42. The van der Waals surface area contributed by atoms with Gasteiger partial charge in [0.15, 0.2) is 0 Å². The van der Waals surface area contributed by atoms with Gasteiger partial charge < -0.3 is 14.5 Å². The number of rotatable bonds is 8. The highest BCUT2D eigenvalue weighted by atomic mass is 35.5. The maximum absolute atomic E-state index is 13.7. The molecule has 4 rings (SSSR count). The molecule has 3 aromatic rings. The van der Waals surface area contributed by atoms with Crippen molar-refractivity contribution in [2.24, 2.45) is 0 Å². The van der Waals surface area contributed by atoms with Crippen LogP contribution in [0.2, 0.25) is 10.0 Å². The zero-order valence-corrected chi connectivity index (χ0v) is 22.1. The molecule has 0 aliphatic carbocycles. The summed E-state index contributed by atoms with van der Waals surface area (Å²) in [5.41, 5.74) is 2.46. The molecule has 1 atom stereocenters. The molecule has 184 valence electrons. The molecule has 1 aliphatic rings. The number of amides is 2. The van der Waals surface area contributed by atoms with Gasteiger partial charge >= 0.3 is 0 Å². The van der Waals surface area contributed by atoms with Crippen LogP contribution in [0.15, 0.2) is 53.9 Å². The van der Waals surface area contributed by atoms with Gasteiger partial charge in [0.1, 0.15) is 12.3 Å². The number of thiophene rings is 1. The van der Waals surface area contributed by atoms with Crippen molar-refractivity contribution >= 4 is 46.4 Å². The van der Waals surface area contributed by atoms with E-state index in [9.17, 15) is 9.59 Å². The predicted octanol–water partition coefficient (Wildman–Crippen LogP) is 6.48. The third kappa shape index (κ3) is 5.66. The topological polar surface area (TPSA) is 49.9 Å². The van der Waals surface area contributed by atoms with E-state index in [1.165, 1.54) is 4.88 Å². The third-order valence-corrected chi connectivity index (χ3v) is 7.83. The number of ether oxygens (including phenoxy) is 1. The van der Waals surface area contributed by atoms with E-state index < -0.39 is 0 Å². The van der Waals surface area contributed by atoms with Crippen molar-refractivity contribution in [1.82, 2.24) is 9.80 Å². The second-order valence-electron chi connectivity index (χ2n) is 8.51. The van der Waals surface area contributed by atoms with Crippen LogP contribution in [-0.2, 0) is 11.2 Å². The van der Waals surface area contributed by atoms with E-state index in [1.54, 1.807) is 59.7 Å². The highest BCUT2D eigenvalue weighted by Crippen LogP contribution is 2.41. The summed E-state index contributed by atoms with van der Waals surface area (Å²) in [6, 6.07) is 14.1. The van der Waals surface area contributed by atoms with Crippen molar-refractivity contribution in [2.75, 3.05) is 26.7 Å². The number of benzene rings is 2. The van der Waals surface area contributed by atoms with Crippen LogP contribution < -0.4 is 4.74 Å². The van der Waals surface area contributed by atoms with E-state index >= 15 is 0 Å². The summed E-state index contributed by atoms with van der Waals surface area (Å²) < 4.78 is 5.21. The molecule has 1 aromatic heterocycles. The maximum Gasteiger partial charge on any atom is 0.254 e. The van der Waals surface area contributed by atoms with Crippen molar-refractivity contribution in [3.8, 4) is 5.75 Å². The first-order chi connectivity index (χ1) is 16.9. The number of methoxy groups -OCH3 is 1. The molecular weight excluding hydrogens is 503 g/mol. The van der Waals surface area contributed by atoms with Crippen LogP contribution in [-0.4, -0.2) is 48.4 Å². The lowest BCUT2D eigenvalue weighted by atomic mass is 9.93. The van der Waals surface area contributed by atoms with Crippen LogP contribution in [0.5, 0.6) is 5.75 Å². The fraction of sp³-hybridized carbons (Fsp3) is 0.333. The summed E-state index contributed by atoms with van der Waals surface area (Å²) >= 11 is 14.4. The first-order valence-electron chi connectivity index (χ1n) is 11.7. The number of halogens is 2. The Morgan fingerprint density at radius 2 is 1.89 bits per heavy atom. The van der Waals surface area contributed by atoms with Crippen LogP contribution in [0.3, 0.4) is 0 Å². The molecule has 0 spiro atoms. The Bertz CT molecular complexity index is 1200. The van der Waals surface area contributed by atoms with E-state index in [-0.39, 0.29) is 24.4 Å². The smallest absolute Gasteiger partial charge is 0.254 e. The Morgan fingerprint density at radius 3 is 2.57 bits per heavy atom. The fourth-order valence-corrected chi connectivity index (χ4v) is 5.83. The van der Waals surface area contributed by atoms with Gasteiger partial charge in [0.2, 0.25) is 5.91 Å². The average Bonchev–Trinajstić information content (AvgIpc) is 3.35. The Kier molecular flexibility index (Phi) is 8.37. The Balaban J connectivity index is 1.62. The molecule has 35 heavy (non-hydrogen) atoms. The van der Waals surface area contributed by atoms with Gasteiger partial charge in [0, 0.05) is 33.6 Å². The molecule has 2 amide bonds. The molecule has 0 saturated carbocycles. The summed E-state index contributed by atoms with van der Waals surface area (Å²) in [4.78, 5) is 31.9. The molecule has 2 heterocycles. The largest absolute Gasteiger partial charge is 0.497 e. The minimum Gasteiger partial charge on any atom is -0.497 e. The Labute approximate surface area is 220 Å². The maximum atomic E-state index is 13.7. The molecule has 5 nitrogen and oxygen atoms in total. The molecule has 1 unspecified atom stereocenters. The highest BCUT2D eigenvalue weighted by molar-refractivity contribution is 7.10. The van der Waals surface area contributed by atoms with Crippen molar-refractivity contribution in [3.63, 3.8) is 0 Å². The van der Waals surface area contributed by atoms with Gasteiger partial charge in [-0.05, 0) is 71.8 Å². The lowest BCUT2D eigenvalue weighted by Crippen LogP contribution is -2.47. The summed E-state index contributed by atoms with van der Waals surface area (Å²) in [6.07, 6.45) is 2.52. The van der Waals surface area contributed by atoms with Crippen molar-refractivity contribution in [2.45, 2.75) is 32.2 Å². The van der Waals surface area contributed by atoms with Gasteiger partial charge in [-0.15, -0.1) is 11.3 Å². The Hall–Kier alpha value is -2.54. The summed E-state index contributed by atoms with van der Waals surface area (Å²) in [5, 5.41) is 3.13. The SMILES string of the molecule is CCCCN(CC(=O)N1CCc2sccc2C1c1ccc(Cl)cc1Cl)C(=O)c1ccc(OC)cc1. The third-order valence-electron chi connectivity index (χ3n) is 6.28. The van der Waals surface area contributed by atoms with E-state index in [0.29, 0.717) is 34.4 Å². The molecule has 0 N–H and O–H groups in total. The van der Waals surface area contributed by atoms with Crippen LogP contribution in [0.4, 0.5) is 0 Å². The number of nitrogens with zero attached hydrogens (tertiary/aromatic N) is 2. The number of carbonyl (C=O) groups is 2. The van der Waals surface area contributed by atoms with Gasteiger partial charge in [-0.2, -0.15) is 0 Å². The molecule has 0 radical (unpaired) electrons. The second-order valence-corrected chi connectivity index (χ2v) is 10.4. The first kappa shape index (κ1) is 25.5. The summed E-state index contributed by atoms with van der Waals surface area (Å²) in [6.45, 7) is 3.15. The molecule has 0 bridgehead atoms. The van der Waals surface area contributed by atoms with E-state index in [4.69, 9.17) is 27.9 Å². The number of hydrogen-bond acceptors (Lipinski definition) is 4. The summed E-state index contributed by atoms with van der Waals surface area (Å²) in [7, 11) is 1.59. The lowest BCUT2D eigenvalue weighted by molar-refractivity contribution is -0.134. The molecule has 1 aliphatic heterocycles. The van der Waals surface area contributed by atoms with Gasteiger partial charge in [-0.3, -0.25) is 9.59 Å². The minimum absolute atomic E-state index is 0.00599. The number of carbonyl (C=O) groups excluding carboxylic acids is 2. The van der Waals surface area contributed by atoms with Crippen LogP contribution in [0, 0.1) is 0 Å². The van der Waals surface area contributed by atoms with E-state index in [1.807, 2.05) is 11.0 Å². The predicted molar refractivity (Wildman–Crippen MR) is 142 cm³/mol. The molecule has 8 heteroatoms. The zero-order valence-electron chi connectivity index (χ0n) is 19.8. The van der Waals surface area contributed by atoms with Gasteiger partial charge in [0.25, 0.3) is 5.91 Å². The minimum atomic E-state index is -0.314. The Morgan fingerprint density at radius 1 is 1.11 bits per heavy atom. The number of unbranched alkanes of at least 4 members (excludes halogenated alkanes) is 1. The van der Waals surface area contributed by atoms with Crippen molar-refractivity contribution in [3.05, 3.63) is 85.5 Å². The lowest BCUT2D eigenvalue weighted by Gasteiger charge is -2.38. The van der Waals surface area contributed by atoms with Crippen LogP contribution >= 0.6 is 34.5 Å². The van der Waals surface area contributed by atoms with Crippen LogP contribution in [0.1, 0.15) is 52.2 Å². The van der Waals surface area contributed by atoms with Crippen molar-refractivity contribution < 1.29 is 14.3 Å². The zero-order chi connectivity index (χ0) is 24.9. The van der Waals surface area contributed by atoms with Gasteiger partial charge in [-0.1, -0.05) is 42.6 Å². The molecule has 2 aromatic carbocycles.